The highest BCUT2D eigenvalue weighted by Gasteiger charge is 2.31. The van der Waals surface area contributed by atoms with Gasteiger partial charge < -0.3 is 19.9 Å². The van der Waals surface area contributed by atoms with E-state index in [1.54, 1.807) is 11.0 Å². The third kappa shape index (κ3) is 4.99. The lowest BCUT2D eigenvalue weighted by Gasteiger charge is -2.32. The Morgan fingerprint density at radius 3 is 2.61 bits per heavy atom. The van der Waals surface area contributed by atoms with Crippen LogP contribution in [-0.4, -0.2) is 41.2 Å². The van der Waals surface area contributed by atoms with Crippen molar-refractivity contribution in [3.63, 3.8) is 0 Å². The van der Waals surface area contributed by atoms with Gasteiger partial charge in [0.05, 0.1) is 5.92 Å². The number of halogens is 3. The fourth-order valence-electron chi connectivity index (χ4n) is 3.73. The molecule has 162 valence electrons. The largest absolute Gasteiger partial charge is 0.573 e. The molecule has 2 aromatic carbocycles. The SMILES string of the molecule is O=C(Nc1ccc(OC(F)(F)F)cc1)C1CCCN(C(=O)c2ccc3[nH]ccc3c2)C1. The van der Waals surface area contributed by atoms with E-state index in [2.05, 4.69) is 15.0 Å². The van der Waals surface area contributed by atoms with Crippen molar-refractivity contribution in [1.82, 2.24) is 9.88 Å². The summed E-state index contributed by atoms with van der Waals surface area (Å²) >= 11 is 0. The number of amides is 2. The molecule has 0 aliphatic carbocycles. The number of likely N-dealkylation sites (tertiary alicyclic amines) is 1. The molecule has 31 heavy (non-hydrogen) atoms. The first-order valence-corrected chi connectivity index (χ1v) is 9.81. The summed E-state index contributed by atoms with van der Waals surface area (Å²) < 4.78 is 40.6. The van der Waals surface area contributed by atoms with Gasteiger partial charge in [-0.15, -0.1) is 13.2 Å². The summed E-state index contributed by atoms with van der Waals surface area (Å²) in [7, 11) is 0. The lowest BCUT2D eigenvalue weighted by Crippen LogP contribution is -2.43. The molecule has 0 bridgehead atoms. The molecule has 0 radical (unpaired) electrons. The van der Waals surface area contributed by atoms with E-state index < -0.39 is 12.3 Å². The van der Waals surface area contributed by atoms with Crippen molar-refractivity contribution in [3.05, 3.63) is 60.3 Å². The van der Waals surface area contributed by atoms with E-state index in [-0.39, 0.29) is 24.1 Å². The van der Waals surface area contributed by atoms with Crippen LogP contribution < -0.4 is 10.1 Å². The Labute approximate surface area is 176 Å². The van der Waals surface area contributed by atoms with E-state index in [1.165, 1.54) is 12.1 Å². The van der Waals surface area contributed by atoms with Crippen molar-refractivity contribution in [2.45, 2.75) is 19.2 Å². The molecule has 1 aromatic heterocycles. The average molecular weight is 431 g/mol. The second-order valence-electron chi connectivity index (χ2n) is 7.43. The van der Waals surface area contributed by atoms with Crippen LogP contribution in [0.1, 0.15) is 23.2 Å². The maximum atomic E-state index is 12.9. The van der Waals surface area contributed by atoms with Crippen LogP contribution in [0.25, 0.3) is 10.9 Å². The minimum atomic E-state index is -4.77. The maximum absolute atomic E-state index is 12.9. The molecule has 1 aliphatic heterocycles. The van der Waals surface area contributed by atoms with Gasteiger partial charge in [0.15, 0.2) is 0 Å². The van der Waals surface area contributed by atoms with Gasteiger partial charge in [-0.3, -0.25) is 9.59 Å². The second kappa shape index (κ2) is 8.33. The standard InChI is InChI=1S/C22H20F3N3O3/c23-22(24,25)31-18-6-4-17(5-7-18)27-20(29)16-2-1-11-28(13-16)21(30)15-3-8-19-14(12-15)9-10-26-19/h3-10,12,16,26H,1-2,11,13H2,(H,27,29). The van der Waals surface area contributed by atoms with E-state index >= 15 is 0 Å². The Morgan fingerprint density at radius 2 is 1.87 bits per heavy atom. The highest BCUT2D eigenvalue weighted by molar-refractivity contribution is 5.99. The summed E-state index contributed by atoms with van der Waals surface area (Å²) in [4.78, 5) is 30.3. The molecule has 0 saturated carbocycles. The molecular formula is C22H20F3N3O3. The van der Waals surface area contributed by atoms with Crippen LogP contribution in [-0.2, 0) is 4.79 Å². The summed E-state index contributed by atoms with van der Waals surface area (Å²) in [6, 6.07) is 12.3. The Bertz CT molecular complexity index is 1090. The van der Waals surface area contributed by atoms with Gasteiger partial charge in [-0.05, 0) is 61.4 Å². The topological polar surface area (TPSA) is 74.4 Å². The molecule has 9 heteroatoms. The number of ether oxygens (including phenoxy) is 1. The third-order valence-corrected chi connectivity index (χ3v) is 5.24. The number of carbonyl (C=O) groups is 2. The highest BCUT2D eigenvalue weighted by atomic mass is 19.4. The van der Waals surface area contributed by atoms with Gasteiger partial charge in [-0.2, -0.15) is 0 Å². The summed E-state index contributed by atoms with van der Waals surface area (Å²) in [6.45, 7) is 0.850. The molecule has 3 aromatic rings. The normalized spacial score (nSPS) is 16.9. The molecule has 1 fully saturated rings. The van der Waals surface area contributed by atoms with Crippen molar-refractivity contribution in [2.75, 3.05) is 18.4 Å². The van der Waals surface area contributed by atoms with Gasteiger partial charge in [0.2, 0.25) is 5.91 Å². The first kappa shape index (κ1) is 20.8. The number of alkyl halides is 3. The Kier molecular flexibility index (Phi) is 5.58. The van der Waals surface area contributed by atoms with Crippen LogP contribution in [0.15, 0.2) is 54.7 Å². The minimum absolute atomic E-state index is 0.130. The number of carbonyl (C=O) groups excluding carboxylic acids is 2. The first-order chi connectivity index (χ1) is 14.8. The molecule has 2 amide bonds. The first-order valence-electron chi connectivity index (χ1n) is 9.81. The number of nitrogens with zero attached hydrogens (tertiary/aromatic N) is 1. The monoisotopic (exact) mass is 431 g/mol. The van der Waals surface area contributed by atoms with Crippen LogP contribution in [0.5, 0.6) is 5.75 Å². The fourth-order valence-corrected chi connectivity index (χ4v) is 3.73. The zero-order valence-corrected chi connectivity index (χ0v) is 16.4. The molecule has 0 spiro atoms. The lowest BCUT2D eigenvalue weighted by atomic mass is 9.96. The lowest BCUT2D eigenvalue weighted by molar-refractivity contribution is -0.274. The predicted molar refractivity (Wildman–Crippen MR) is 109 cm³/mol. The van der Waals surface area contributed by atoms with Crippen molar-refractivity contribution >= 4 is 28.4 Å². The quantitative estimate of drug-likeness (QED) is 0.636. The number of hydrogen-bond donors (Lipinski definition) is 2. The fraction of sp³-hybridized carbons (Fsp3) is 0.273. The second-order valence-corrected chi connectivity index (χ2v) is 7.43. The number of piperidine rings is 1. The molecule has 1 atom stereocenters. The molecule has 1 saturated heterocycles. The van der Waals surface area contributed by atoms with E-state index in [4.69, 9.17) is 0 Å². The number of benzene rings is 2. The van der Waals surface area contributed by atoms with E-state index in [9.17, 15) is 22.8 Å². The van der Waals surface area contributed by atoms with E-state index in [0.29, 0.717) is 30.6 Å². The van der Waals surface area contributed by atoms with Gasteiger partial charge in [0, 0.05) is 41.4 Å². The van der Waals surface area contributed by atoms with Crippen molar-refractivity contribution < 1.29 is 27.5 Å². The smallest absolute Gasteiger partial charge is 0.406 e. The zero-order chi connectivity index (χ0) is 22.0. The van der Waals surface area contributed by atoms with Crippen molar-refractivity contribution in [1.29, 1.82) is 0 Å². The maximum Gasteiger partial charge on any atom is 0.573 e. The number of fused-ring (bicyclic) bond motifs is 1. The number of aromatic nitrogens is 1. The molecule has 2 N–H and O–H groups in total. The number of anilines is 1. The minimum Gasteiger partial charge on any atom is -0.406 e. The molecule has 2 heterocycles. The number of H-pyrrole nitrogens is 1. The molecule has 4 rings (SSSR count). The van der Waals surface area contributed by atoms with Crippen molar-refractivity contribution in [2.24, 2.45) is 5.92 Å². The Balaban J connectivity index is 1.38. The van der Waals surface area contributed by atoms with E-state index in [1.807, 2.05) is 24.4 Å². The number of aromatic amines is 1. The third-order valence-electron chi connectivity index (χ3n) is 5.24. The molecule has 6 nitrogen and oxygen atoms in total. The highest BCUT2D eigenvalue weighted by Crippen LogP contribution is 2.25. The summed E-state index contributed by atoms with van der Waals surface area (Å²) in [6.07, 6.45) is -1.65. The summed E-state index contributed by atoms with van der Waals surface area (Å²) in [5.41, 5.74) is 1.87. The number of hydrogen-bond acceptors (Lipinski definition) is 3. The Hall–Kier alpha value is -3.49. The van der Waals surface area contributed by atoms with Gasteiger partial charge in [-0.25, -0.2) is 0 Å². The predicted octanol–water partition coefficient (Wildman–Crippen LogP) is 4.56. The van der Waals surface area contributed by atoms with Crippen LogP contribution in [0.4, 0.5) is 18.9 Å². The van der Waals surface area contributed by atoms with Gasteiger partial charge >= 0.3 is 6.36 Å². The average Bonchev–Trinajstić information content (AvgIpc) is 3.21. The molecule has 1 unspecified atom stereocenters. The zero-order valence-electron chi connectivity index (χ0n) is 16.4. The number of nitrogens with one attached hydrogen (secondary N) is 2. The Morgan fingerprint density at radius 1 is 1.10 bits per heavy atom. The molecule has 1 aliphatic rings. The van der Waals surface area contributed by atoms with Gasteiger partial charge in [-0.1, -0.05) is 0 Å². The number of rotatable bonds is 4. The van der Waals surface area contributed by atoms with Crippen LogP contribution in [0, 0.1) is 5.92 Å². The van der Waals surface area contributed by atoms with Gasteiger partial charge in [0.1, 0.15) is 5.75 Å². The summed E-state index contributed by atoms with van der Waals surface area (Å²) in [5.74, 6) is -1.17. The summed E-state index contributed by atoms with van der Waals surface area (Å²) in [5, 5.41) is 3.64. The van der Waals surface area contributed by atoms with Crippen LogP contribution >= 0.6 is 0 Å². The van der Waals surface area contributed by atoms with Crippen LogP contribution in [0.3, 0.4) is 0 Å². The van der Waals surface area contributed by atoms with E-state index in [0.717, 1.165) is 23.0 Å². The van der Waals surface area contributed by atoms with Crippen LogP contribution in [0.2, 0.25) is 0 Å². The molecular weight excluding hydrogens is 411 g/mol. The van der Waals surface area contributed by atoms with Gasteiger partial charge in [0.25, 0.3) is 5.91 Å². The van der Waals surface area contributed by atoms with Crippen molar-refractivity contribution in [3.8, 4) is 5.75 Å².